The fourth-order valence-electron chi connectivity index (χ4n) is 2.00. The van der Waals surface area contributed by atoms with Crippen LogP contribution in [-0.4, -0.2) is 17.8 Å². The molecule has 4 heteroatoms. The molecule has 1 atom stereocenters. The molecule has 0 spiro atoms. The highest BCUT2D eigenvalue weighted by Crippen LogP contribution is 2.16. The number of thiocarbonyl (C=S) groups is 1. The molecule has 0 radical (unpaired) electrons. The molecule has 0 aliphatic heterocycles. The normalized spacial score (nSPS) is 11.6. The Hall–Kier alpha value is -2.07. The molecule has 0 aliphatic rings. The number of rotatable bonds is 5. The first kappa shape index (κ1) is 16.3. The summed E-state index contributed by atoms with van der Waals surface area (Å²) < 4.78 is 5.82. The van der Waals surface area contributed by atoms with Gasteiger partial charge in [0.25, 0.3) is 0 Å². The van der Waals surface area contributed by atoms with Crippen molar-refractivity contribution in [3.63, 3.8) is 0 Å². The van der Waals surface area contributed by atoms with Gasteiger partial charge >= 0.3 is 0 Å². The molecule has 0 heterocycles. The molecule has 0 fully saturated rings. The van der Waals surface area contributed by atoms with Gasteiger partial charge in [0, 0.05) is 5.69 Å². The largest absolute Gasteiger partial charge is 0.491 e. The number of aryl methyl sites for hydroxylation is 2. The number of hydrogen-bond donors (Lipinski definition) is 2. The van der Waals surface area contributed by atoms with Crippen LogP contribution >= 0.6 is 12.2 Å². The highest BCUT2D eigenvalue weighted by molar-refractivity contribution is 7.80. The van der Waals surface area contributed by atoms with E-state index in [4.69, 9.17) is 17.0 Å². The Kier molecular flexibility index (Phi) is 5.78. The molecule has 0 bridgehead atoms. The molecule has 2 aromatic rings. The van der Waals surface area contributed by atoms with E-state index in [1.54, 1.807) is 0 Å². The van der Waals surface area contributed by atoms with Crippen molar-refractivity contribution < 1.29 is 4.74 Å². The minimum atomic E-state index is 0.116. The zero-order valence-corrected chi connectivity index (χ0v) is 14.0. The maximum Gasteiger partial charge on any atom is 0.171 e. The van der Waals surface area contributed by atoms with Gasteiger partial charge < -0.3 is 15.4 Å². The van der Waals surface area contributed by atoms with Gasteiger partial charge in [0.05, 0.1) is 6.04 Å². The van der Waals surface area contributed by atoms with E-state index in [1.807, 2.05) is 50.2 Å². The minimum absolute atomic E-state index is 0.116. The third kappa shape index (κ3) is 5.04. The molecule has 2 N–H and O–H groups in total. The van der Waals surface area contributed by atoms with Gasteiger partial charge in [-0.3, -0.25) is 0 Å². The van der Waals surface area contributed by atoms with Crippen molar-refractivity contribution in [3.8, 4) is 5.75 Å². The molecule has 22 heavy (non-hydrogen) atoms. The lowest BCUT2D eigenvalue weighted by molar-refractivity contribution is 0.285. The Balaban J connectivity index is 1.79. The van der Waals surface area contributed by atoms with Gasteiger partial charge in [0.1, 0.15) is 12.4 Å². The highest BCUT2D eigenvalue weighted by Gasteiger charge is 2.06. The van der Waals surface area contributed by atoms with Crippen LogP contribution in [0.2, 0.25) is 0 Å². The lowest BCUT2D eigenvalue weighted by Gasteiger charge is -2.18. The van der Waals surface area contributed by atoms with Gasteiger partial charge in [-0.25, -0.2) is 0 Å². The number of hydrogen-bond acceptors (Lipinski definition) is 2. The van der Waals surface area contributed by atoms with Gasteiger partial charge in [0.15, 0.2) is 5.11 Å². The first-order valence-electron chi connectivity index (χ1n) is 7.37. The van der Waals surface area contributed by atoms with Gasteiger partial charge in [-0.05, 0) is 56.8 Å². The summed E-state index contributed by atoms with van der Waals surface area (Å²) >= 11 is 5.32. The van der Waals surface area contributed by atoms with Crippen LogP contribution in [0.4, 0.5) is 5.69 Å². The average Bonchev–Trinajstić information content (AvgIpc) is 2.49. The third-order valence-corrected chi connectivity index (χ3v) is 3.49. The van der Waals surface area contributed by atoms with E-state index in [9.17, 15) is 0 Å². The summed E-state index contributed by atoms with van der Waals surface area (Å²) in [7, 11) is 0. The fraction of sp³-hybridized carbons (Fsp3) is 0.278. The molecule has 2 aromatic carbocycles. The molecule has 0 aliphatic carbocycles. The topological polar surface area (TPSA) is 33.3 Å². The van der Waals surface area contributed by atoms with Gasteiger partial charge in [-0.2, -0.15) is 0 Å². The van der Waals surface area contributed by atoms with E-state index in [0.717, 1.165) is 17.0 Å². The summed E-state index contributed by atoms with van der Waals surface area (Å²) in [6.45, 7) is 6.70. The summed E-state index contributed by atoms with van der Waals surface area (Å²) in [5.41, 5.74) is 3.34. The second-order valence-electron chi connectivity index (χ2n) is 5.44. The van der Waals surface area contributed by atoms with Crippen LogP contribution in [0.1, 0.15) is 18.1 Å². The Morgan fingerprint density at radius 2 is 1.77 bits per heavy atom. The molecular formula is C18H22N2OS. The molecule has 116 valence electrons. The molecule has 1 unspecified atom stereocenters. The lowest BCUT2D eigenvalue weighted by Crippen LogP contribution is -2.39. The van der Waals surface area contributed by atoms with Crippen LogP contribution in [-0.2, 0) is 0 Å². The standard InChI is InChI=1S/C18H22N2OS/c1-13-8-10-16(11-9-13)20-18(22)19-15(3)12-21-17-7-5-4-6-14(17)2/h4-11,15H,12H2,1-3H3,(H2,19,20,22). The number of para-hydroxylation sites is 1. The number of nitrogens with one attached hydrogen (secondary N) is 2. The highest BCUT2D eigenvalue weighted by atomic mass is 32.1. The number of benzene rings is 2. The Morgan fingerprint density at radius 3 is 2.45 bits per heavy atom. The van der Waals surface area contributed by atoms with Crippen molar-refractivity contribution >= 4 is 23.0 Å². The summed E-state index contributed by atoms with van der Waals surface area (Å²) in [5.74, 6) is 0.911. The first-order valence-corrected chi connectivity index (χ1v) is 7.78. The molecule has 0 amide bonds. The van der Waals surface area contributed by atoms with Crippen molar-refractivity contribution in [2.24, 2.45) is 0 Å². The predicted molar refractivity (Wildman–Crippen MR) is 96.7 cm³/mol. The van der Waals surface area contributed by atoms with Gasteiger partial charge in [-0.15, -0.1) is 0 Å². The smallest absolute Gasteiger partial charge is 0.171 e. The van der Waals surface area contributed by atoms with E-state index in [1.165, 1.54) is 5.56 Å². The summed E-state index contributed by atoms with van der Waals surface area (Å²) in [5, 5.41) is 7.00. The SMILES string of the molecule is Cc1ccc(NC(=S)NC(C)COc2ccccc2C)cc1. The second-order valence-corrected chi connectivity index (χ2v) is 5.85. The third-order valence-electron chi connectivity index (χ3n) is 3.27. The predicted octanol–water partition coefficient (Wildman–Crippen LogP) is 4.06. The average molecular weight is 314 g/mol. The van der Waals surface area contributed by atoms with Crippen LogP contribution in [0.5, 0.6) is 5.75 Å². The zero-order chi connectivity index (χ0) is 15.9. The van der Waals surface area contributed by atoms with Crippen LogP contribution in [0, 0.1) is 13.8 Å². The molecule has 3 nitrogen and oxygen atoms in total. The van der Waals surface area contributed by atoms with E-state index < -0.39 is 0 Å². The molecule has 0 saturated carbocycles. The van der Waals surface area contributed by atoms with Crippen LogP contribution in [0.15, 0.2) is 48.5 Å². The summed E-state index contributed by atoms with van der Waals surface area (Å²) in [6, 6.07) is 16.2. The van der Waals surface area contributed by atoms with Crippen LogP contribution < -0.4 is 15.4 Å². The van der Waals surface area contributed by atoms with Crippen molar-refractivity contribution in [1.82, 2.24) is 5.32 Å². The van der Waals surface area contributed by atoms with Crippen molar-refractivity contribution in [2.75, 3.05) is 11.9 Å². The number of ether oxygens (including phenoxy) is 1. The summed E-state index contributed by atoms with van der Waals surface area (Å²) in [4.78, 5) is 0. The summed E-state index contributed by atoms with van der Waals surface area (Å²) in [6.07, 6.45) is 0. The van der Waals surface area contributed by atoms with Gasteiger partial charge in [0.2, 0.25) is 0 Å². The number of anilines is 1. The van der Waals surface area contributed by atoms with E-state index in [-0.39, 0.29) is 6.04 Å². The van der Waals surface area contributed by atoms with E-state index in [2.05, 4.69) is 29.7 Å². The Labute approximate surface area is 137 Å². The van der Waals surface area contributed by atoms with Crippen molar-refractivity contribution in [2.45, 2.75) is 26.8 Å². The lowest BCUT2D eigenvalue weighted by atomic mass is 10.2. The quantitative estimate of drug-likeness (QED) is 0.816. The fourth-order valence-corrected chi connectivity index (χ4v) is 2.32. The monoisotopic (exact) mass is 314 g/mol. The van der Waals surface area contributed by atoms with Gasteiger partial charge in [-0.1, -0.05) is 35.9 Å². The minimum Gasteiger partial charge on any atom is -0.491 e. The molecule has 2 rings (SSSR count). The molecular weight excluding hydrogens is 292 g/mol. The maximum absolute atomic E-state index is 5.82. The first-order chi connectivity index (χ1) is 10.5. The molecule has 0 saturated heterocycles. The zero-order valence-electron chi connectivity index (χ0n) is 13.2. The van der Waals surface area contributed by atoms with Crippen molar-refractivity contribution in [3.05, 3.63) is 59.7 Å². The molecule has 0 aromatic heterocycles. The Bertz CT molecular complexity index is 625. The van der Waals surface area contributed by atoms with Crippen LogP contribution in [0.3, 0.4) is 0 Å². The van der Waals surface area contributed by atoms with E-state index >= 15 is 0 Å². The van der Waals surface area contributed by atoms with E-state index in [0.29, 0.717) is 11.7 Å². The van der Waals surface area contributed by atoms with Crippen molar-refractivity contribution in [1.29, 1.82) is 0 Å². The Morgan fingerprint density at radius 1 is 1.09 bits per heavy atom. The van der Waals surface area contributed by atoms with Crippen LogP contribution in [0.25, 0.3) is 0 Å². The second kappa shape index (κ2) is 7.80. The maximum atomic E-state index is 5.82.